The van der Waals surface area contributed by atoms with E-state index in [1.54, 1.807) is 0 Å². The molecular formula is C10H12ClNO. The Morgan fingerprint density at radius 3 is 2.92 bits per heavy atom. The van der Waals surface area contributed by atoms with Crippen molar-refractivity contribution in [3.05, 3.63) is 34.9 Å². The number of carbonyl (C=O) groups excluding carboxylic acids is 1. The lowest BCUT2D eigenvalue weighted by molar-refractivity contribution is -0.110. The molecule has 0 aliphatic rings. The van der Waals surface area contributed by atoms with Gasteiger partial charge in [0.05, 0.1) is 6.04 Å². The third kappa shape index (κ3) is 2.74. The first-order valence-corrected chi connectivity index (χ1v) is 4.61. The molecule has 1 N–H and O–H groups in total. The summed E-state index contributed by atoms with van der Waals surface area (Å²) >= 11 is 5.83. The second-order valence-corrected chi connectivity index (χ2v) is 3.24. The van der Waals surface area contributed by atoms with Crippen molar-refractivity contribution in [3.63, 3.8) is 0 Å². The van der Waals surface area contributed by atoms with E-state index >= 15 is 0 Å². The second kappa shape index (κ2) is 4.87. The molecule has 0 spiro atoms. The third-order valence-electron chi connectivity index (χ3n) is 1.93. The van der Waals surface area contributed by atoms with E-state index in [1.807, 2.05) is 31.2 Å². The summed E-state index contributed by atoms with van der Waals surface area (Å²) in [7, 11) is 0. The largest absolute Gasteiger partial charge is 0.352 e. The number of amides is 1. The molecule has 1 amide bonds. The molecule has 0 unspecified atom stereocenters. The topological polar surface area (TPSA) is 29.1 Å². The smallest absolute Gasteiger partial charge is 0.207 e. The van der Waals surface area contributed by atoms with Gasteiger partial charge in [-0.2, -0.15) is 0 Å². The predicted octanol–water partition coefficient (Wildman–Crippen LogP) is 2.54. The molecule has 70 valence electrons. The summed E-state index contributed by atoms with van der Waals surface area (Å²) in [4.78, 5) is 10.3. The first-order valence-electron chi connectivity index (χ1n) is 4.23. The molecule has 0 bridgehead atoms. The van der Waals surface area contributed by atoms with Crippen molar-refractivity contribution in [2.45, 2.75) is 19.4 Å². The molecule has 0 aromatic heterocycles. The molecule has 1 rings (SSSR count). The van der Waals surface area contributed by atoms with Crippen LogP contribution in [0.5, 0.6) is 0 Å². The highest BCUT2D eigenvalue weighted by molar-refractivity contribution is 6.30. The summed E-state index contributed by atoms with van der Waals surface area (Å²) in [6.07, 6.45) is 1.58. The molecular weight excluding hydrogens is 186 g/mol. The Labute approximate surface area is 82.9 Å². The van der Waals surface area contributed by atoms with E-state index in [-0.39, 0.29) is 6.04 Å². The van der Waals surface area contributed by atoms with Crippen LogP contribution in [-0.4, -0.2) is 6.41 Å². The minimum Gasteiger partial charge on any atom is -0.352 e. The summed E-state index contributed by atoms with van der Waals surface area (Å²) in [6, 6.07) is 7.59. The zero-order valence-electron chi connectivity index (χ0n) is 7.46. The van der Waals surface area contributed by atoms with Crippen LogP contribution >= 0.6 is 11.6 Å². The van der Waals surface area contributed by atoms with Crippen molar-refractivity contribution < 1.29 is 4.79 Å². The van der Waals surface area contributed by atoms with Gasteiger partial charge in [0.1, 0.15) is 0 Å². The lowest BCUT2D eigenvalue weighted by atomic mass is 10.1. The summed E-state index contributed by atoms with van der Waals surface area (Å²) in [5.74, 6) is 0. The van der Waals surface area contributed by atoms with Crippen LogP contribution in [0.1, 0.15) is 24.9 Å². The number of rotatable bonds is 4. The van der Waals surface area contributed by atoms with E-state index in [0.717, 1.165) is 18.4 Å². The van der Waals surface area contributed by atoms with Gasteiger partial charge in [0.15, 0.2) is 0 Å². The molecule has 3 heteroatoms. The Bertz CT molecular complexity index is 288. The Morgan fingerprint density at radius 1 is 1.62 bits per heavy atom. The highest BCUT2D eigenvalue weighted by atomic mass is 35.5. The summed E-state index contributed by atoms with van der Waals surface area (Å²) < 4.78 is 0. The molecule has 1 aromatic rings. The standard InChI is InChI=1S/C10H12ClNO/c1-2-10(12-7-13)8-4-3-5-9(11)6-8/h3-7,10H,2H2,1H3,(H,12,13)/t10-/m0/s1. The van der Waals surface area contributed by atoms with Gasteiger partial charge in [-0.3, -0.25) is 4.79 Å². The van der Waals surface area contributed by atoms with Gasteiger partial charge < -0.3 is 5.32 Å². The molecule has 0 saturated heterocycles. The van der Waals surface area contributed by atoms with Crippen molar-refractivity contribution in [1.29, 1.82) is 0 Å². The van der Waals surface area contributed by atoms with Crippen molar-refractivity contribution >= 4 is 18.0 Å². The zero-order chi connectivity index (χ0) is 9.68. The lowest BCUT2D eigenvalue weighted by Crippen LogP contribution is -2.18. The maximum Gasteiger partial charge on any atom is 0.207 e. The van der Waals surface area contributed by atoms with E-state index in [4.69, 9.17) is 11.6 Å². The minimum absolute atomic E-state index is 0.0659. The van der Waals surface area contributed by atoms with E-state index < -0.39 is 0 Å². The van der Waals surface area contributed by atoms with Gasteiger partial charge in [-0.25, -0.2) is 0 Å². The molecule has 0 aliphatic heterocycles. The number of halogens is 1. The molecule has 0 fully saturated rings. The van der Waals surface area contributed by atoms with Crippen LogP contribution < -0.4 is 5.32 Å². The maximum absolute atomic E-state index is 10.3. The number of hydrogen-bond acceptors (Lipinski definition) is 1. The molecule has 13 heavy (non-hydrogen) atoms. The third-order valence-corrected chi connectivity index (χ3v) is 2.16. The maximum atomic E-state index is 10.3. The molecule has 0 heterocycles. The van der Waals surface area contributed by atoms with E-state index in [2.05, 4.69) is 5.32 Å². The van der Waals surface area contributed by atoms with E-state index in [1.165, 1.54) is 0 Å². The Balaban J connectivity index is 2.84. The molecule has 1 aromatic carbocycles. The highest BCUT2D eigenvalue weighted by Gasteiger charge is 2.06. The van der Waals surface area contributed by atoms with Crippen LogP contribution in [0.25, 0.3) is 0 Å². The second-order valence-electron chi connectivity index (χ2n) is 2.80. The van der Waals surface area contributed by atoms with E-state index in [9.17, 15) is 4.79 Å². The summed E-state index contributed by atoms with van der Waals surface area (Å²) in [5.41, 5.74) is 1.04. The molecule has 0 saturated carbocycles. The fourth-order valence-corrected chi connectivity index (χ4v) is 1.45. The lowest BCUT2D eigenvalue weighted by Gasteiger charge is -2.13. The van der Waals surface area contributed by atoms with Crippen LogP contribution in [-0.2, 0) is 4.79 Å². The predicted molar refractivity (Wildman–Crippen MR) is 53.7 cm³/mol. The SMILES string of the molecule is CC[C@H](NC=O)c1cccc(Cl)c1. The van der Waals surface area contributed by atoms with Gasteiger partial charge in [0.25, 0.3) is 0 Å². The first kappa shape index (κ1) is 10.1. The minimum atomic E-state index is 0.0659. The number of nitrogens with one attached hydrogen (secondary N) is 1. The fourth-order valence-electron chi connectivity index (χ4n) is 1.26. The fraction of sp³-hybridized carbons (Fsp3) is 0.300. The summed E-state index contributed by atoms with van der Waals surface area (Å²) in [6.45, 7) is 2.02. The van der Waals surface area contributed by atoms with Crippen LogP contribution in [0.2, 0.25) is 5.02 Å². The van der Waals surface area contributed by atoms with Gasteiger partial charge in [-0.15, -0.1) is 0 Å². The monoisotopic (exact) mass is 197 g/mol. The average molecular weight is 198 g/mol. The zero-order valence-corrected chi connectivity index (χ0v) is 8.21. The van der Waals surface area contributed by atoms with E-state index in [0.29, 0.717) is 5.02 Å². The molecule has 0 aliphatic carbocycles. The highest BCUT2D eigenvalue weighted by Crippen LogP contribution is 2.19. The molecule has 2 nitrogen and oxygen atoms in total. The first-order chi connectivity index (χ1) is 6.27. The van der Waals surface area contributed by atoms with Gasteiger partial charge >= 0.3 is 0 Å². The summed E-state index contributed by atoms with van der Waals surface area (Å²) in [5, 5.41) is 3.43. The van der Waals surface area contributed by atoms with Crippen molar-refractivity contribution in [1.82, 2.24) is 5.32 Å². The van der Waals surface area contributed by atoms with Gasteiger partial charge in [0.2, 0.25) is 6.41 Å². The molecule has 0 radical (unpaired) electrons. The van der Waals surface area contributed by atoms with Crippen LogP contribution in [0.15, 0.2) is 24.3 Å². The van der Waals surface area contributed by atoms with Crippen molar-refractivity contribution in [2.75, 3.05) is 0 Å². The number of hydrogen-bond donors (Lipinski definition) is 1. The normalized spacial score (nSPS) is 12.2. The van der Waals surface area contributed by atoms with Crippen molar-refractivity contribution in [2.24, 2.45) is 0 Å². The van der Waals surface area contributed by atoms with Crippen LogP contribution in [0.4, 0.5) is 0 Å². The number of benzene rings is 1. The Kier molecular flexibility index (Phi) is 3.77. The van der Waals surface area contributed by atoms with Gasteiger partial charge in [-0.05, 0) is 24.1 Å². The van der Waals surface area contributed by atoms with Crippen LogP contribution in [0, 0.1) is 0 Å². The van der Waals surface area contributed by atoms with Crippen molar-refractivity contribution in [3.8, 4) is 0 Å². The van der Waals surface area contributed by atoms with Gasteiger partial charge in [0, 0.05) is 5.02 Å². The Hall–Kier alpha value is -1.02. The number of carbonyl (C=O) groups is 1. The molecule has 1 atom stereocenters. The van der Waals surface area contributed by atoms with Crippen LogP contribution in [0.3, 0.4) is 0 Å². The van der Waals surface area contributed by atoms with Gasteiger partial charge in [-0.1, -0.05) is 30.7 Å². The quantitative estimate of drug-likeness (QED) is 0.739. The average Bonchev–Trinajstić information content (AvgIpc) is 2.14. The Morgan fingerprint density at radius 2 is 2.38 bits per heavy atom.